The van der Waals surface area contributed by atoms with Gasteiger partial charge in [0.15, 0.2) is 0 Å². The Morgan fingerprint density at radius 2 is 1.85 bits per heavy atom. The molecular formula is C18H17Cl4N3OS. The number of hydrogen-bond acceptors (Lipinski definition) is 4. The van der Waals surface area contributed by atoms with Crippen molar-refractivity contribution in [3.05, 3.63) is 55.2 Å². The molecule has 1 aliphatic heterocycles. The van der Waals surface area contributed by atoms with E-state index in [9.17, 15) is 4.79 Å². The van der Waals surface area contributed by atoms with E-state index in [4.69, 9.17) is 46.4 Å². The Balaban J connectivity index is 1.75. The fourth-order valence-electron chi connectivity index (χ4n) is 2.80. The second-order valence-corrected chi connectivity index (χ2v) is 8.90. The molecule has 1 N–H and O–H groups in total. The predicted molar refractivity (Wildman–Crippen MR) is 116 cm³/mol. The van der Waals surface area contributed by atoms with E-state index in [0.29, 0.717) is 5.69 Å². The van der Waals surface area contributed by atoms with E-state index in [-0.39, 0.29) is 25.9 Å². The lowest BCUT2D eigenvalue weighted by atomic mass is 10.1. The Kier molecular flexibility index (Phi) is 7.17. The largest absolute Gasteiger partial charge is 0.320 e. The zero-order chi connectivity index (χ0) is 19.6. The van der Waals surface area contributed by atoms with E-state index in [2.05, 4.69) is 21.3 Å². The molecule has 1 saturated heterocycles. The van der Waals surface area contributed by atoms with Gasteiger partial charge in [0.2, 0.25) is 0 Å². The first-order valence-electron chi connectivity index (χ1n) is 8.27. The van der Waals surface area contributed by atoms with Gasteiger partial charge >= 0.3 is 0 Å². The fourth-order valence-corrected chi connectivity index (χ4v) is 4.59. The van der Waals surface area contributed by atoms with Gasteiger partial charge in [-0.2, -0.15) is 11.8 Å². The van der Waals surface area contributed by atoms with Gasteiger partial charge in [-0.25, -0.2) is 4.98 Å². The number of thioether (sulfide) groups is 1. The summed E-state index contributed by atoms with van der Waals surface area (Å²) in [4.78, 5) is 19.0. The predicted octanol–water partition coefficient (Wildman–Crippen LogP) is 5.80. The number of nitrogens with zero attached hydrogens (tertiary/aromatic N) is 2. The topological polar surface area (TPSA) is 45.2 Å². The van der Waals surface area contributed by atoms with Gasteiger partial charge in [0.05, 0.1) is 15.1 Å². The molecule has 0 aliphatic carbocycles. The molecule has 4 nitrogen and oxygen atoms in total. The molecule has 0 saturated carbocycles. The van der Waals surface area contributed by atoms with Crippen LogP contribution in [0.1, 0.15) is 21.6 Å². The number of hydrogen-bond donors (Lipinski definition) is 1. The summed E-state index contributed by atoms with van der Waals surface area (Å²) < 4.78 is 0. The van der Waals surface area contributed by atoms with Gasteiger partial charge in [-0.1, -0.05) is 58.5 Å². The first-order chi connectivity index (χ1) is 12.9. The minimum absolute atomic E-state index is 0.00949. The number of anilines is 1. The Morgan fingerprint density at radius 1 is 1.15 bits per heavy atom. The molecule has 1 aromatic heterocycles. The van der Waals surface area contributed by atoms with Crippen molar-refractivity contribution in [2.45, 2.75) is 13.5 Å². The Morgan fingerprint density at radius 3 is 2.52 bits per heavy atom. The zero-order valence-corrected chi connectivity index (χ0v) is 18.3. The average molecular weight is 465 g/mol. The van der Waals surface area contributed by atoms with Crippen LogP contribution >= 0.6 is 58.2 Å². The van der Waals surface area contributed by atoms with Crippen molar-refractivity contribution in [1.82, 2.24) is 9.88 Å². The average Bonchev–Trinajstić information content (AvgIpc) is 2.66. The van der Waals surface area contributed by atoms with Crippen molar-refractivity contribution in [1.29, 1.82) is 0 Å². The number of rotatable bonds is 4. The highest BCUT2D eigenvalue weighted by Crippen LogP contribution is 2.36. The van der Waals surface area contributed by atoms with Crippen LogP contribution in [0.2, 0.25) is 20.2 Å². The van der Waals surface area contributed by atoms with E-state index in [0.717, 1.165) is 25.2 Å². The normalized spacial score (nSPS) is 15.0. The van der Waals surface area contributed by atoms with Gasteiger partial charge in [0, 0.05) is 36.8 Å². The van der Waals surface area contributed by atoms with Crippen LogP contribution in [0.3, 0.4) is 0 Å². The zero-order valence-electron chi connectivity index (χ0n) is 14.5. The SMILES string of the molecule is Cc1cc(CN2CCSCC2)ccc1NC(=O)c1nc(Cl)c(Cl)c(Cl)c1Cl. The van der Waals surface area contributed by atoms with Crippen LogP contribution in [0.15, 0.2) is 18.2 Å². The Bertz CT molecular complexity index is 872. The summed E-state index contributed by atoms with van der Waals surface area (Å²) in [5.74, 6) is 1.85. The number of aryl methyl sites for hydroxylation is 1. The quantitative estimate of drug-likeness (QED) is 0.580. The Hall–Kier alpha value is -0.690. The maximum atomic E-state index is 12.6. The number of halogens is 4. The second kappa shape index (κ2) is 9.21. The number of benzene rings is 1. The van der Waals surface area contributed by atoms with Gasteiger partial charge in [0.25, 0.3) is 5.91 Å². The van der Waals surface area contributed by atoms with E-state index in [1.807, 2.05) is 30.8 Å². The molecule has 144 valence electrons. The lowest BCUT2D eigenvalue weighted by molar-refractivity contribution is 0.102. The van der Waals surface area contributed by atoms with Gasteiger partial charge < -0.3 is 5.32 Å². The molecule has 9 heteroatoms. The molecule has 3 rings (SSSR count). The summed E-state index contributed by atoms with van der Waals surface area (Å²) in [5, 5.41) is 2.75. The van der Waals surface area contributed by atoms with Crippen molar-refractivity contribution in [2.24, 2.45) is 0 Å². The molecular weight excluding hydrogens is 448 g/mol. The number of nitrogens with one attached hydrogen (secondary N) is 1. The number of amides is 1. The number of carbonyl (C=O) groups is 1. The number of carbonyl (C=O) groups excluding carboxylic acids is 1. The van der Waals surface area contributed by atoms with E-state index in [1.54, 1.807) is 0 Å². The molecule has 1 aromatic carbocycles. The minimum Gasteiger partial charge on any atom is -0.320 e. The molecule has 1 aliphatic rings. The minimum atomic E-state index is -0.496. The van der Waals surface area contributed by atoms with Gasteiger partial charge in [-0.05, 0) is 24.1 Å². The van der Waals surface area contributed by atoms with E-state index in [1.165, 1.54) is 17.1 Å². The third-order valence-electron chi connectivity index (χ3n) is 4.25. The molecule has 0 bridgehead atoms. The molecule has 0 unspecified atom stereocenters. The molecule has 1 fully saturated rings. The van der Waals surface area contributed by atoms with Gasteiger partial charge in [-0.3, -0.25) is 9.69 Å². The lowest BCUT2D eigenvalue weighted by Crippen LogP contribution is -2.31. The monoisotopic (exact) mass is 463 g/mol. The fraction of sp³-hybridized carbons (Fsp3) is 0.333. The molecule has 0 spiro atoms. The summed E-state index contributed by atoms with van der Waals surface area (Å²) >= 11 is 25.9. The maximum absolute atomic E-state index is 12.6. The van der Waals surface area contributed by atoms with Crippen LogP contribution in [-0.4, -0.2) is 40.4 Å². The standard InChI is InChI=1S/C18H17Cl4N3OS/c1-10-8-11(9-25-4-6-27-7-5-25)2-3-12(10)23-18(26)16-14(20)13(19)15(21)17(22)24-16/h2-3,8H,4-7,9H2,1H3,(H,23,26). The third kappa shape index (κ3) is 5.03. The Labute approximate surface area is 182 Å². The van der Waals surface area contributed by atoms with E-state index < -0.39 is 5.91 Å². The highest BCUT2D eigenvalue weighted by Gasteiger charge is 2.21. The summed E-state index contributed by atoms with van der Waals surface area (Å²) in [7, 11) is 0. The highest BCUT2D eigenvalue weighted by molar-refractivity contribution is 7.99. The summed E-state index contributed by atoms with van der Waals surface area (Å²) in [6.07, 6.45) is 0. The van der Waals surface area contributed by atoms with Crippen molar-refractivity contribution in [3.8, 4) is 0 Å². The van der Waals surface area contributed by atoms with Crippen molar-refractivity contribution in [2.75, 3.05) is 29.9 Å². The van der Waals surface area contributed by atoms with Crippen LogP contribution in [0.5, 0.6) is 0 Å². The number of pyridine rings is 1. The van der Waals surface area contributed by atoms with Crippen LogP contribution in [-0.2, 0) is 6.54 Å². The maximum Gasteiger partial charge on any atom is 0.275 e. The second-order valence-electron chi connectivity index (χ2n) is 6.19. The third-order valence-corrected chi connectivity index (χ3v) is 6.87. The lowest BCUT2D eigenvalue weighted by Gasteiger charge is -2.26. The molecule has 1 amide bonds. The summed E-state index contributed by atoms with van der Waals surface area (Å²) in [6.45, 7) is 5.06. The first kappa shape index (κ1) is 21.0. The van der Waals surface area contributed by atoms with E-state index >= 15 is 0 Å². The highest BCUT2D eigenvalue weighted by atomic mass is 35.5. The van der Waals surface area contributed by atoms with Crippen LogP contribution in [0.4, 0.5) is 5.69 Å². The van der Waals surface area contributed by atoms with Gasteiger partial charge in [-0.15, -0.1) is 0 Å². The number of aromatic nitrogens is 1. The van der Waals surface area contributed by atoms with Crippen molar-refractivity contribution in [3.63, 3.8) is 0 Å². The molecule has 27 heavy (non-hydrogen) atoms. The molecule has 0 atom stereocenters. The first-order valence-corrected chi connectivity index (χ1v) is 10.9. The van der Waals surface area contributed by atoms with Crippen LogP contribution < -0.4 is 5.32 Å². The summed E-state index contributed by atoms with van der Waals surface area (Å²) in [5.41, 5.74) is 2.78. The van der Waals surface area contributed by atoms with Crippen molar-refractivity contribution >= 4 is 69.8 Å². The van der Waals surface area contributed by atoms with Crippen molar-refractivity contribution < 1.29 is 4.79 Å². The molecule has 2 heterocycles. The smallest absolute Gasteiger partial charge is 0.275 e. The molecule has 2 aromatic rings. The van der Waals surface area contributed by atoms with Gasteiger partial charge in [0.1, 0.15) is 10.8 Å². The molecule has 0 radical (unpaired) electrons. The summed E-state index contributed by atoms with van der Waals surface area (Å²) in [6, 6.07) is 5.98. The van der Waals surface area contributed by atoms with Crippen LogP contribution in [0.25, 0.3) is 0 Å². The van der Waals surface area contributed by atoms with Crippen LogP contribution in [0, 0.1) is 6.92 Å².